The predicted molar refractivity (Wildman–Crippen MR) is 76.0 cm³/mol. The summed E-state index contributed by atoms with van der Waals surface area (Å²) in [6, 6.07) is 4.67. The van der Waals surface area contributed by atoms with Crippen LogP contribution in [0, 0.1) is 0 Å². The van der Waals surface area contributed by atoms with E-state index in [2.05, 4.69) is 4.98 Å². The van der Waals surface area contributed by atoms with E-state index in [1.165, 1.54) is 6.07 Å². The van der Waals surface area contributed by atoms with E-state index < -0.39 is 7.60 Å². The van der Waals surface area contributed by atoms with E-state index in [0.29, 0.717) is 12.2 Å². The minimum absolute atomic E-state index is 0.170. The van der Waals surface area contributed by atoms with Crippen molar-refractivity contribution in [2.45, 2.75) is 34.2 Å². The Hall–Kier alpha value is -0.740. The van der Waals surface area contributed by atoms with Crippen molar-refractivity contribution in [2.24, 2.45) is 0 Å². The van der Waals surface area contributed by atoms with Gasteiger partial charge in [0.05, 0.1) is 5.69 Å². The van der Waals surface area contributed by atoms with Gasteiger partial charge in [0.15, 0.2) is 5.44 Å². The number of pyridine rings is 1. The molecule has 0 aliphatic carbocycles. The van der Waals surface area contributed by atoms with Crippen molar-refractivity contribution in [3.8, 4) is 0 Å². The Bertz CT molecular complexity index is 364. The molecule has 18 heavy (non-hydrogen) atoms. The largest absolute Gasteiger partial charge is 0.374 e. The highest BCUT2D eigenvalue weighted by molar-refractivity contribution is 7.60. The minimum atomic E-state index is -4.22. The molecule has 1 rings (SSSR count). The van der Waals surface area contributed by atoms with Gasteiger partial charge < -0.3 is 14.7 Å². The molecule has 0 bridgehead atoms. The van der Waals surface area contributed by atoms with Gasteiger partial charge in [-0.05, 0) is 26.2 Å². The molecule has 0 fully saturated rings. The fourth-order valence-electron chi connectivity index (χ4n) is 1.04. The zero-order chi connectivity index (χ0) is 14.8. The third-order valence-corrected chi connectivity index (χ3v) is 2.41. The fourth-order valence-corrected chi connectivity index (χ4v) is 1.58. The molecular formula is C12H25N2O3P. The van der Waals surface area contributed by atoms with Crippen molar-refractivity contribution in [3.63, 3.8) is 0 Å². The van der Waals surface area contributed by atoms with Crippen molar-refractivity contribution in [1.29, 1.82) is 0 Å². The molecule has 0 amide bonds. The van der Waals surface area contributed by atoms with Crippen LogP contribution >= 0.6 is 7.60 Å². The summed E-state index contributed by atoms with van der Waals surface area (Å²) < 4.78 is 10.9. The second kappa shape index (κ2) is 10.2. The Morgan fingerprint density at radius 3 is 2.06 bits per heavy atom. The molecule has 1 aromatic rings. The summed E-state index contributed by atoms with van der Waals surface area (Å²) in [6.07, 6.45) is 0. The Balaban J connectivity index is 0. The molecule has 1 heterocycles. The lowest BCUT2D eigenvalue weighted by Gasteiger charge is -2.10. The molecular weight excluding hydrogens is 251 g/mol. The van der Waals surface area contributed by atoms with Gasteiger partial charge in [0.2, 0.25) is 0 Å². The number of hydrogen-bond donors (Lipinski definition) is 2. The molecule has 0 aromatic carbocycles. The summed E-state index contributed by atoms with van der Waals surface area (Å²) in [6.45, 7) is 8.56. The summed E-state index contributed by atoms with van der Waals surface area (Å²) in [5.41, 5.74) is 0.479. The second-order valence-electron chi connectivity index (χ2n) is 3.27. The molecule has 0 unspecified atom stereocenters. The first-order chi connectivity index (χ1) is 8.39. The van der Waals surface area contributed by atoms with Crippen LogP contribution in [0.25, 0.3) is 0 Å². The molecule has 0 saturated heterocycles. The van der Waals surface area contributed by atoms with Gasteiger partial charge in [-0.25, -0.2) is 4.98 Å². The zero-order valence-corrected chi connectivity index (χ0v) is 13.0. The molecule has 6 heteroatoms. The standard InChI is InChI=1S/C8H13N2O3P.2C2H6/c1-10(2)6-7-4-3-5-8(9-7)14(11,12)13;2*1-2/h3-5H,6H2,1-2H3,(H2,11,12,13);2*1-2H3. The van der Waals surface area contributed by atoms with Gasteiger partial charge in [-0.15, -0.1) is 0 Å². The fraction of sp³-hybridized carbons (Fsp3) is 0.583. The zero-order valence-electron chi connectivity index (χ0n) is 12.1. The SMILES string of the molecule is CC.CC.CN(C)Cc1cccc(P(=O)(O)O)n1. The van der Waals surface area contributed by atoms with Gasteiger partial charge >= 0.3 is 7.60 Å². The quantitative estimate of drug-likeness (QED) is 0.826. The van der Waals surface area contributed by atoms with Crippen molar-refractivity contribution in [3.05, 3.63) is 23.9 Å². The molecule has 0 radical (unpaired) electrons. The van der Waals surface area contributed by atoms with Crippen LogP contribution in [0.3, 0.4) is 0 Å². The lowest BCUT2D eigenvalue weighted by atomic mass is 10.3. The maximum Gasteiger partial charge on any atom is 0.374 e. The van der Waals surface area contributed by atoms with Crippen LogP contribution in [0.5, 0.6) is 0 Å². The van der Waals surface area contributed by atoms with Crippen LogP contribution in [0.15, 0.2) is 18.2 Å². The van der Waals surface area contributed by atoms with Gasteiger partial charge in [-0.2, -0.15) is 0 Å². The molecule has 0 spiro atoms. The molecule has 0 atom stereocenters. The highest BCUT2D eigenvalue weighted by Crippen LogP contribution is 2.31. The first-order valence-corrected chi connectivity index (χ1v) is 7.67. The van der Waals surface area contributed by atoms with E-state index in [9.17, 15) is 4.57 Å². The molecule has 2 N–H and O–H groups in total. The summed E-state index contributed by atoms with van der Waals surface area (Å²) in [5.74, 6) is 0. The van der Waals surface area contributed by atoms with Crippen LogP contribution < -0.4 is 5.44 Å². The first kappa shape index (κ1) is 19.6. The maximum absolute atomic E-state index is 10.9. The van der Waals surface area contributed by atoms with E-state index in [-0.39, 0.29) is 5.44 Å². The van der Waals surface area contributed by atoms with Gasteiger partial charge in [0, 0.05) is 6.54 Å². The van der Waals surface area contributed by atoms with E-state index in [1.807, 2.05) is 46.7 Å². The van der Waals surface area contributed by atoms with Crippen molar-refractivity contribution >= 4 is 13.0 Å². The van der Waals surface area contributed by atoms with Gasteiger partial charge in [-0.1, -0.05) is 33.8 Å². The smallest absolute Gasteiger partial charge is 0.320 e. The topological polar surface area (TPSA) is 73.7 Å². The van der Waals surface area contributed by atoms with Crippen molar-refractivity contribution in [2.75, 3.05) is 14.1 Å². The number of nitrogens with zero attached hydrogens (tertiary/aromatic N) is 2. The average Bonchev–Trinajstić information content (AvgIpc) is 2.33. The van der Waals surface area contributed by atoms with Crippen molar-refractivity contribution < 1.29 is 14.4 Å². The minimum Gasteiger partial charge on any atom is -0.320 e. The number of aromatic nitrogens is 1. The highest BCUT2D eigenvalue weighted by Gasteiger charge is 2.18. The summed E-state index contributed by atoms with van der Waals surface area (Å²) in [4.78, 5) is 23.5. The van der Waals surface area contributed by atoms with Crippen LogP contribution in [-0.2, 0) is 11.1 Å². The van der Waals surface area contributed by atoms with Gasteiger partial charge in [0.1, 0.15) is 0 Å². The Morgan fingerprint density at radius 1 is 1.17 bits per heavy atom. The van der Waals surface area contributed by atoms with Crippen molar-refractivity contribution in [1.82, 2.24) is 9.88 Å². The van der Waals surface area contributed by atoms with E-state index in [1.54, 1.807) is 12.1 Å². The Morgan fingerprint density at radius 2 is 1.67 bits per heavy atom. The third kappa shape index (κ3) is 8.37. The molecule has 106 valence electrons. The Kier molecular flexibility index (Phi) is 11.1. The molecule has 0 aliphatic rings. The predicted octanol–water partition coefficient (Wildman–Crippen LogP) is 2.00. The van der Waals surface area contributed by atoms with E-state index in [0.717, 1.165) is 0 Å². The molecule has 5 nitrogen and oxygen atoms in total. The Labute approximate surface area is 110 Å². The molecule has 0 saturated carbocycles. The second-order valence-corrected chi connectivity index (χ2v) is 4.82. The number of rotatable bonds is 3. The first-order valence-electron chi connectivity index (χ1n) is 6.06. The van der Waals surface area contributed by atoms with E-state index >= 15 is 0 Å². The van der Waals surface area contributed by atoms with Gasteiger partial charge in [-0.3, -0.25) is 4.57 Å². The monoisotopic (exact) mass is 276 g/mol. The maximum atomic E-state index is 10.9. The summed E-state index contributed by atoms with van der Waals surface area (Å²) in [5, 5.41) is 0. The average molecular weight is 276 g/mol. The van der Waals surface area contributed by atoms with E-state index in [4.69, 9.17) is 9.79 Å². The highest BCUT2D eigenvalue weighted by atomic mass is 31.2. The molecule has 1 aromatic heterocycles. The summed E-state index contributed by atoms with van der Waals surface area (Å²) >= 11 is 0. The van der Waals surface area contributed by atoms with Gasteiger partial charge in [0.25, 0.3) is 0 Å². The normalized spacial score (nSPS) is 10.1. The van der Waals surface area contributed by atoms with Crippen LogP contribution in [0.4, 0.5) is 0 Å². The number of hydrogen-bond acceptors (Lipinski definition) is 3. The lowest BCUT2D eigenvalue weighted by Crippen LogP contribution is -2.16. The van der Waals surface area contributed by atoms with Crippen LogP contribution in [0.1, 0.15) is 33.4 Å². The van der Waals surface area contributed by atoms with Crippen LogP contribution in [0.2, 0.25) is 0 Å². The molecule has 0 aliphatic heterocycles. The van der Waals surface area contributed by atoms with Crippen LogP contribution in [-0.4, -0.2) is 33.8 Å². The summed E-state index contributed by atoms with van der Waals surface area (Å²) in [7, 11) is -0.484. The lowest BCUT2D eigenvalue weighted by molar-refractivity contribution is 0.383. The third-order valence-electron chi connectivity index (χ3n) is 1.57.